The molecule has 0 amide bonds. The Hall–Kier alpha value is -4.20. The SMILES string of the molecule is O=C(O)c1ccc2c(c1)nc(-c1cnc3nc(-c4ccccc4)ncc3n1)n2C1CCCCC1. The predicted molar refractivity (Wildman–Crippen MR) is 128 cm³/mol. The molecule has 2 aromatic carbocycles. The summed E-state index contributed by atoms with van der Waals surface area (Å²) >= 11 is 0. The molecular weight excluding hydrogens is 428 g/mol. The van der Waals surface area contributed by atoms with Crippen molar-refractivity contribution in [2.45, 2.75) is 38.1 Å². The number of rotatable bonds is 4. The molecule has 0 radical (unpaired) electrons. The van der Waals surface area contributed by atoms with E-state index in [0.29, 0.717) is 40.1 Å². The van der Waals surface area contributed by atoms with Gasteiger partial charge in [0.2, 0.25) is 0 Å². The zero-order valence-electron chi connectivity index (χ0n) is 18.4. The maximum atomic E-state index is 11.5. The van der Waals surface area contributed by atoms with Gasteiger partial charge in [0, 0.05) is 11.6 Å². The number of carboxylic acids is 1. The van der Waals surface area contributed by atoms with Crippen molar-refractivity contribution in [1.82, 2.24) is 29.5 Å². The van der Waals surface area contributed by atoms with Gasteiger partial charge in [-0.05, 0) is 31.0 Å². The largest absolute Gasteiger partial charge is 0.478 e. The van der Waals surface area contributed by atoms with Crippen LogP contribution in [0.5, 0.6) is 0 Å². The van der Waals surface area contributed by atoms with Crippen LogP contribution in [-0.2, 0) is 0 Å². The predicted octanol–water partition coefficient (Wildman–Crippen LogP) is 5.31. The van der Waals surface area contributed by atoms with Gasteiger partial charge in [-0.1, -0.05) is 49.6 Å². The molecule has 8 nitrogen and oxygen atoms in total. The minimum Gasteiger partial charge on any atom is -0.478 e. The molecule has 0 atom stereocenters. The summed E-state index contributed by atoms with van der Waals surface area (Å²) in [5.41, 5.74) is 4.45. The molecule has 1 saturated carbocycles. The van der Waals surface area contributed by atoms with Crippen LogP contribution in [0, 0.1) is 0 Å². The number of carboxylic acid groups (broad SMARTS) is 1. The number of benzene rings is 2. The van der Waals surface area contributed by atoms with Crippen molar-refractivity contribution in [2.24, 2.45) is 0 Å². The van der Waals surface area contributed by atoms with E-state index in [4.69, 9.17) is 9.97 Å². The molecule has 6 rings (SSSR count). The minimum absolute atomic E-state index is 0.221. The van der Waals surface area contributed by atoms with Crippen molar-refractivity contribution >= 4 is 28.2 Å². The van der Waals surface area contributed by atoms with Gasteiger partial charge in [-0.15, -0.1) is 0 Å². The first-order valence-electron chi connectivity index (χ1n) is 11.5. The molecule has 1 fully saturated rings. The Morgan fingerprint density at radius 1 is 0.882 bits per heavy atom. The summed E-state index contributed by atoms with van der Waals surface area (Å²) in [4.78, 5) is 34.8. The van der Waals surface area contributed by atoms with Crippen LogP contribution in [0.4, 0.5) is 0 Å². The van der Waals surface area contributed by atoms with Crippen LogP contribution in [0.2, 0.25) is 0 Å². The van der Waals surface area contributed by atoms with Crippen LogP contribution in [-0.4, -0.2) is 40.6 Å². The van der Waals surface area contributed by atoms with E-state index in [1.54, 1.807) is 24.5 Å². The van der Waals surface area contributed by atoms with Crippen molar-refractivity contribution in [1.29, 1.82) is 0 Å². The summed E-state index contributed by atoms with van der Waals surface area (Å²) in [7, 11) is 0. The number of hydrogen-bond acceptors (Lipinski definition) is 6. The Morgan fingerprint density at radius 3 is 2.50 bits per heavy atom. The Labute approximate surface area is 195 Å². The molecule has 1 aliphatic rings. The van der Waals surface area contributed by atoms with Crippen LogP contribution < -0.4 is 0 Å². The third-order valence-corrected chi connectivity index (χ3v) is 6.44. The molecule has 5 aromatic rings. The summed E-state index contributed by atoms with van der Waals surface area (Å²) in [6.07, 6.45) is 9.07. The van der Waals surface area contributed by atoms with E-state index in [1.165, 1.54) is 6.42 Å². The molecule has 0 bridgehead atoms. The van der Waals surface area contributed by atoms with Gasteiger partial charge < -0.3 is 9.67 Å². The minimum atomic E-state index is -0.965. The second-order valence-electron chi connectivity index (χ2n) is 8.63. The van der Waals surface area contributed by atoms with Crippen LogP contribution in [0.3, 0.4) is 0 Å². The van der Waals surface area contributed by atoms with E-state index in [-0.39, 0.29) is 5.56 Å². The normalized spacial score (nSPS) is 14.6. The lowest BCUT2D eigenvalue weighted by Crippen LogP contribution is -2.14. The number of fused-ring (bicyclic) bond motifs is 2. The highest BCUT2D eigenvalue weighted by Gasteiger charge is 2.24. The van der Waals surface area contributed by atoms with E-state index in [2.05, 4.69) is 19.5 Å². The second kappa shape index (κ2) is 8.30. The quantitative estimate of drug-likeness (QED) is 0.395. The summed E-state index contributed by atoms with van der Waals surface area (Å²) in [6.45, 7) is 0. The van der Waals surface area contributed by atoms with Gasteiger partial charge in [0.25, 0.3) is 0 Å². The van der Waals surface area contributed by atoms with Crippen molar-refractivity contribution < 1.29 is 9.90 Å². The number of nitrogens with zero attached hydrogens (tertiary/aromatic N) is 6. The van der Waals surface area contributed by atoms with Crippen LogP contribution in [0.25, 0.3) is 45.1 Å². The molecule has 3 aromatic heterocycles. The molecule has 168 valence electrons. The first-order valence-corrected chi connectivity index (χ1v) is 11.5. The van der Waals surface area contributed by atoms with E-state index in [0.717, 1.165) is 36.8 Å². The molecule has 34 heavy (non-hydrogen) atoms. The van der Waals surface area contributed by atoms with Gasteiger partial charge in [0.15, 0.2) is 17.3 Å². The van der Waals surface area contributed by atoms with Crippen LogP contribution in [0.15, 0.2) is 60.9 Å². The lowest BCUT2D eigenvalue weighted by atomic mass is 9.95. The highest BCUT2D eigenvalue weighted by Crippen LogP contribution is 2.36. The van der Waals surface area contributed by atoms with Gasteiger partial charge in [-0.3, -0.25) is 0 Å². The standard InChI is InChI=1S/C26H22N6O2/c33-26(34)17-11-12-22-19(13-17)30-25(32(22)18-9-5-2-6-10-18)21-15-28-24-20(29-21)14-27-23(31-24)16-7-3-1-4-8-16/h1,3-4,7-8,11-15,18H,2,5-6,9-10H2,(H,33,34). The highest BCUT2D eigenvalue weighted by molar-refractivity contribution is 5.93. The number of aromatic carboxylic acids is 1. The van der Waals surface area contributed by atoms with E-state index >= 15 is 0 Å². The van der Waals surface area contributed by atoms with Crippen LogP contribution in [0.1, 0.15) is 48.5 Å². The monoisotopic (exact) mass is 450 g/mol. The molecule has 3 heterocycles. The third kappa shape index (κ3) is 3.57. The van der Waals surface area contributed by atoms with Gasteiger partial charge >= 0.3 is 5.97 Å². The highest BCUT2D eigenvalue weighted by atomic mass is 16.4. The molecular formula is C26H22N6O2. The zero-order valence-corrected chi connectivity index (χ0v) is 18.4. The van der Waals surface area contributed by atoms with E-state index in [9.17, 15) is 9.90 Å². The average molecular weight is 451 g/mol. The Kier molecular flexibility index (Phi) is 4.98. The Bertz CT molecular complexity index is 1520. The third-order valence-electron chi connectivity index (χ3n) is 6.44. The fourth-order valence-corrected chi connectivity index (χ4v) is 4.78. The fourth-order valence-electron chi connectivity index (χ4n) is 4.78. The summed E-state index contributed by atoms with van der Waals surface area (Å²) < 4.78 is 2.22. The molecule has 0 saturated heterocycles. The molecule has 1 aliphatic carbocycles. The molecule has 1 N–H and O–H groups in total. The first kappa shape index (κ1) is 20.4. The first-order chi connectivity index (χ1) is 16.7. The zero-order chi connectivity index (χ0) is 23.1. The molecule has 0 aliphatic heterocycles. The summed E-state index contributed by atoms with van der Waals surface area (Å²) in [5.74, 6) is 0.337. The summed E-state index contributed by atoms with van der Waals surface area (Å²) in [5, 5.41) is 9.44. The van der Waals surface area contributed by atoms with Crippen molar-refractivity contribution in [3.05, 3.63) is 66.5 Å². The van der Waals surface area contributed by atoms with Crippen LogP contribution >= 0.6 is 0 Å². The Balaban J connectivity index is 1.48. The van der Waals surface area contributed by atoms with Gasteiger partial charge in [0.05, 0.1) is 29.0 Å². The summed E-state index contributed by atoms with van der Waals surface area (Å²) in [6, 6.07) is 15.2. The van der Waals surface area contributed by atoms with Crippen molar-refractivity contribution in [2.75, 3.05) is 0 Å². The van der Waals surface area contributed by atoms with Gasteiger partial charge in [-0.25, -0.2) is 29.7 Å². The van der Waals surface area contributed by atoms with Crippen molar-refractivity contribution in [3.63, 3.8) is 0 Å². The smallest absolute Gasteiger partial charge is 0.335 e. The number of carbonyl (C=O) groups is 1. The van der Waals surface area contributed by atoms with Crippen molar-refractivity contribution in [3.8, 4) is 22.9 Å². The maximum Gasteiger partial charge on any atom is 0.335 e. The molecule has 8 heteroatoms. The molecule has 0 spiro atoms. The lowest BCUT2D eigenvalue weighted by Gasteiger charge is -2.25. The molecule has 0 unspecified atom stereocenters. The lowest BCUT2D eigenvalue weighted by molar-refractivity contribution is 0.0697. The maximum absolute atomic E-state index is 11.5. The number of imidazole rings is 1. The van der Waals surface area contributed by atoms with E-state index < -0.39 is 5.97 Å². The number of hydrogen-bond donors (Lipinski definition) is 1. The second-order valence-corrected chi connectivity index (χ2v) is 8.63. The Morgan fingerprint density at radius 2 is 1.71 bits per heavy atom. The topological polar surface area (TPSA) is 107 Å². The van der Waals surface area contributed by atoms with Gasteiger partial charge in [0.1, 0.15) is 11.2 Å². The number of aromatic nitrogens is 6. The van der Waals surface area contributed by atoms with Gasteiger partial charge in [-0.2, -0.15) is 0 Å². The fraction of sp³-hybridized carbons (Fsp3) is 0.231. The van der Waals surface area contributed by atoms with E-state index in [1.807, 2.05) is 36.4 Å². The average Bonchev–Trinajstić information content (AvgIpc) is 3.28.